The molecule has 1 aromatic carbocycles. The van der Waals surface area contributed by atoms with Crippen molar-refractivity contribution < 1.29 is 0 Å². The van der Waals surface area contributed by atoms with Crippen molar-refractivity contribution in [3.63, 3.8) is 0 Å². The van der Waals surface area contributed by atoms with E-state index in [0.29, 0.717) is 6.04 Å². The number of nitrogens with zero attached hydrogens (tertiary/aromatic N) is 2. The molecular weight excluding hydrogens is 305 g/mol. The molecule has 1 heterocycles. The Bertz CT molecular complexity index is 572. The monoisotopic (exact) mass is 327 g/mol. The van der Waals surface area contributed by atoms with Gasteiger partial charge in [0.25, 0.3) is 0 Å². The molecule has 0 saturated heterocycles. The van der Waals surface area contributed by atoms with Crippen LogP contribution >= 0.6 is 24.8 Å². The lowest BCUT2D eigenvalue weighted by Gasteiger charge is -2.26. The Kier molecular flexibility index (Phi) is 6.88. The molecule has 3 rings (SSSR count). The highest BCUT2D eigenvalue weighted by atomic mass is 35.5. The fourth-order valence-electron chi connectivity index (χ4n) is 2.78. The first-order chi connectivity index (χ1) is 9.28. The van der Waals surface area contributed by atoms with E-state index < -0.39 is 0 Å². The lowest BCUT2D eigenvalue weighted by molar-refractivity contribution is 0.213. The lowest BCUT2D eigenvalue weighted by atomic mass is 10.1. The van der Waals surface area contributed by atoms with E-state index >= 15 is 0 Å². The van der Waals surface area contributed by atoms with Crippen molar-refractivity contribution in [1.29, 1.82) is 0 Å². The number of para-hydroxylation sites is 1. The van der Waals surface area contributed by atoms with E-state index in [1.807, 2.05) is 12.1 Å². The minimum atomic E-state index is 0. The standard InChI is InChI=1S/C16H21N3.2ClH/c1-19(16(10-17)13-6-7-13)11-14-9-8-12-4-2-3-5-15(12)18-14;;/h2-5,8-9,13,16H,6-7,10-11,17H2,1H3;2*1H. The summed E-state index contributed by atoms with van der Waals surface area (Å²) in [5, 5.41) is 1.20. The van der Waals surface area contributed by atoms with E-state index in [4.69, 9.17) is 10.7 Å². The van der Waals surface area contributed by atoms with Gasteiger partial charge in [0.15, 0.2) is 0 Å². The second-order valence-corrected chi connectivity index (χ2v) is 5.55. The summed E-state index contributed by atoms with van der Waals surface area (Å²) in [6.45, 7) is 1.62. The number of likely N-dealkylation sites (N-methyl/N-ethyl adjacent to an activating group) is 1. The number of halogens is 2. The molecule has 0 radical (unpaired) electrons. The van der Waals surface area contributed by atoms with Gasteiger partial charge in [0, 0.05) is 24.5 Å². The Morgan fingerprint density at radius 2 is 1.90 bits per heavy atom. The minimum Gasteiger partial charge on any atom is -0.329 e. The molecule has 2 aromatic rings. The third kappa shape index (κ3) is 4.30. The molecule has 5 heteroatoms. The largest absolute Gasteiger partial charge is 0.329 e. The Morgan fingerprint density at radius 1 is 1.19 bits per heavy atom. The summed E-state index contributed by atoms with van der Waals surface area (Å²) < 4.78 is 0. The second kappa shape index (κ2) is 7.95. The first kappa shape index (κ1) is 18.2. The van der Waals surface area contributed by atoms with Crippen molar-refractivity contribution in [1.82, 2.24) is 9.88 Å². The first-order valence-electron chi connectivity index (χ1n) is 7.03. The molecule has 1 atom stereocenters. The van der Waals surface area contributed by atoms with Crippen LogP contribution in [0.3, 0.4) is 0 Å². The third-order valence-electron chi connectivity index (χ3n) is 4.04. The van der Waals surface area contributed by atoms with Crippen LogP contribution in [-0.4, -0.2) is 29.5 Å². The fraction of sp³-hybridized carbons (Fsp3) is 0.438. The third-order valence-corrected chi connectivity index (χ3v) is 4.04. The number of hydrogen-bond donors (Lipinski definition) is 1. The second-order valence-electron chi connectivity index (χ2n) is 5.55. The van der Waals surface area contributed by atoms with Gasteiger partial charge in [0.05, 0.1) is 11.2 Å². The average Bonchev–Trinajstić information content (AvgIpc) is 3.24. The number of rotatable bonds is 5. The van der Waals surface area contributed by atoms with Gasteiger partial charge in [-0.1, -0.05) is 24.3 Å². The van der Waals surface area contributed by atoms with Gasteiger partial charge in [-0.15, -0.1) is 24.8 Å². The summed E-state index contributed by atoms with van der Waals surface area (Å²) >= 11 is 0. The van der Waals surface area contributed by atoms with Gasteiger partial charge in [-0.05, 0) is 37.9 Å². The molecule has 1 fully saturated rings. The van der Waals surface area contributed by atoms with Gasteiger partial charge < -0.3 is 5.73 Å². The Morgan fingerprint density at radius 3 is 2.57 bits per heavy atom. The summed E-state index contributed by atoms with van der Waals surface area (Å²) in [4.78, 5) is 7.09. The molecule has 1 aliphatic carbocycles. The highest BCUT2D eigenvalue weighted by molar-refractivity contribution is 5.85. The van der Waals surface area contributed by atoms with Crippen molar-refractivity contribution in [3.05, 3.63) is 42.1 Å². The minimum absolute atomic E-state index is 0. The highest BCUT2D eigenvalue weighted by Gasteiger charge is 2.32. The van der Waals surface area contributed by atoms with Crippen molar-refractivity contribution in [3.8, 4) is 0 Å². The number of pyridine rings is 1. The first-order valence-corrected chi connectivity index (χ1v) is 7.03. The summed E-state index contributed by atoms with van der Waals surface area (Å²) in [5.74, 6) is 0.801. The summed E-state index contributed by atoms with van der Waals surface area (Å²) in [6, 6.07) is 13.0. The van der Waals surface area contributed by atoms with Crippen LogP contribution in [0.15, 0.2) is 36.4 Å². The summed E-state index contributed by atoms with van der Waals surface area (Å²) in [5.41, 5.74) is 8.10. The number of fused-ring (bicyclic) bond motifs is 1. The maximum atomic E-state index is 5.90. The summed E-state index contributed by atoms with van der Waals surface area (Å²) in [6.07, 6.45) is 2.66. The van der Waals surface area contributed by atoms with E-state index in [0.717, 1.165) is 30.2 Å². The van der Waals surface area contributed by atoms with E-state index in [-0.39, 0.29) is 24.8 Å². The normalized spacial score (nSPS) is 15.4. The van der Waals surface area contributed by atoms with Gasteiger partial charge >= 0.3 is 0 Å². The molecule has 0 spiro atoms. The Labute approximate surface area is 138 Å². The molecule has 1 saturated carbocycles. The van der Waals surface area contributed by atoms with Crippen LogP contribution in [0, 0.1) is 5.92 Å². The van der Waals surface area contributed by atoms with E-state index in [2.05, 4.69) is 36.2 Å². The molecule has 2 N–H and O–H groups in total. The molecule has 21 heavy (non-hydrogen) atoms. The molecule has 116 valence electrons. The van der Waals surface area contributed by atoms with Crippen molar-refractivity contribution in [2.45, 2.75) is 25.4 Å². The van der Waals surface area contributed by atoms with Crippen molar-refractivity contribution in [2.75, 3.05) is 13.6 Å². The Balaban J connectivity index is 0.00000110. The molecule has 1 aliphatic rings. The van der Waals surface area contributed by atoms with Gasteiger partial charge in [-0.3, -0.25) is 9.88 Å². The fourth-order valence-corrected chi connectivity index (χ4v) is 2.78. The van der Waals surface area contributed by atoms with Crippen LogP contribution in [0.25, 0.3) is 10.9 Å². The predicted octanol–water partition coefficient (Wildman–Crippen LogP) is 3.25. The van der Waals surface area contributed by atoms with Gasteiger partial charge in [-0.25, -0.2) is 0 Å². The van der Waals surface area contributed by atoms with Crippen LogP contribution in [-0.2, 0) is 6.54 Å². The lowest BCUT2D eigenvalue weighted by Crippen LogP contribution is -2.39. The number of benzene rings is 1. The smallest absolute Gasteiger partial charge is 0.0705 e. The Hall–Kier alpha value is -0.870. The topological polar surface area (TPSA) is 42.2 Å². The van der Waals surface area contributed by atoms with Gasteiger partial charge in [-0.2, -0.15) is 0 Å². The SMILES string of the molecule is CN(Cc1ccc2ccccc2n1)C(CN)C1CC1.Cl.Cl. The zero-order valence-corrected chi connectivity index (χ0v) is 13.9. The quantitative estimate of drug-likeness (QED) is 0.916. The van der Waals surface area contributed by atoms with Crippen LogP contribution in [0.1, 0.15) is 18.5 Å². The molecule has 0 amide bonds. The molecule has 3 nitrogen and oxygen atoms in total. The molecule has 0 bridgehead atoms. The maximum absolute atomic E-state index is 5.90. The van der Waals surface area contributed by atoms with Crippen molar-refractivity contribution >= 4 is 35.7 Å². The molecular formula is C16H23Cl2N3. The number of aromatic nitrogens is 1. The number of nitrogens with two attached hydrogens (primary N) is 1. The molecule has 1 aromatic heterocycles. The van der Waals surface area contributed by atoms with Crippen LogP contribution in [0.4, 0.5) is 0 Å². The zero-order valence-electron chi connectivity index (χ0n) is 12.2. The highest BCUT2D eigenvalue weighted by Crippen LogP contribution is 2.34. The zero-order chi connectivity index (χ0) is 13.2. The maximum Gasteiger partial charge on any atom is 0.0705 e. The number of hydrogen-bond acceptors (Lipinski definition) is 3. The van der Waals surface area contributed by atoms with Crippen LogP contribution < -0.4 is 5.73 Å². The molecule has 0 aliphatic heterocycles. The summed E-state index contributed by atoms with van der Waals surface area (Å²) in [7, 11) is 2.16. The van der Waals surface area contributed by atoms with Crippen molar-refractivity contribution in [2.24, 2.45) is 11.7 Å². The molecule has 1 unspecified atom stereocenters. The van der Waals surface area contributed by atoms with Crippen LogP contribution in [0.2, 0.25) is 0 Å². The van der Waals surface area contributed by atoms with E-state index in [9.17, 15) is 0 Å². The van der Waals surface area contributed by atoms with Gasteiger partial charge in [0.1, 0.15) is 0 Å². The average molecular weight is 328 g/mol. The van der Waals surface area contributed by atoms with E-state index in [1.54, 1.807) is 0 Å². The predicted molar refractivity (Wildman–Crippen MR) is 93.3 cm³/mol. The van der Waals surface area contributed by atoms with E-state index in [1.165, 1.54) is 18.2 Å². The van der Waals surface area contributed by atoms with Crippen LogP contribution in [0.5, 0.6) is 0 Å². The van der Waals surface area contributed by atoms with Gasteiger partial charge in [0.2, 0.25) is 0 Å².